The van der Waals surface area contributed by atoms with E-state index >= 15 is 0 Å². The van der Waals surface area contributed by atoms with Crippen LogP contribution in [0.1, 0.15) is 6.92 Å². The molecule has 4 aromatic rings. The molecular weight excluding hydrogens is 400 g/mol. The predicted molar refractivity (Wildman–Crippen MR) is 119 cm³/mol. The van der Waals surface area contributed by atoms with Crippen LogP contribution in [0.4, 0.5) is 11.4 Å². The molecule has 150 valence electrons. The number of anilines is 1. The van der Waals surface area contributed by atoms with Crippen molar-refractivity contribution in [2.45, 2.75) is 6.92 Å². The van der Waals surface area contributed by atoms with Crippen LogP contribution in [-0.2, 0) is 4.79 Å². The third-order valence-electron chi connectivity index (χ3n) is 4.52. The Hall–Kier alpha value is -3.57. The topological polar surface area (TPSA) is 63.8 Å². The lowest BCUT2D eigenvalue weighted by Crippen LogP contribution is -2.05. The Morgan fingerprint density at radius 1 is 1.00 bits per heavy atom. The molecule has 0 saturated heterocycles. The molecule has 0 aliphatic rings. The number of nitrogens with zero attached hydrogens (tertiary/aromatic N) is 1. The highest BCUT2D eigenvalue weighted by atomic mass is 35.5. The number of ether oxygens (including phenoxy) is 1. The smallest absolute Gasteiger partial charge is 0.221 e. The van der Waals surface area contributed by atoms with Gasteiger partial charge < -0.3 is 14.5 Å². The van der Waals surface area contributed by atoms with Gasteiger partial charge in [0.15, 0.2) is 0 Å². The maximum absolute atomic E-state index is 11.2. The number of amides is 1. The van der Waals surface area contributed by atoms with E-state index < -0.39 is 0 Å². The zero-order chi connectivity index (χ0) is 21.1. The fourth-order valence-corrected chi connectivity index (χ4v) is 3.27. The molecule has 0 fully saturated rings. The largest absolute Gasteiger partial charge is 0.497 e. The van der Waals surface area contributed by atoms with Crippen molar-refractivity contribution in [3.05, 3.63) is 83.2 Å². The lowest BCUT2D eigenvalue weighted by atomic mass is 10.1. The van der Waals surface area contributed by atoms with Crippen LogP contribution in [0.15, 0.2) is 82.2 Å². The number of hydrogen-bond donors (Lipinski definition) is 1. The van der Waals surface area contributed by atoms with E-state index in [4.69, 9.17) is 25.7 Å². The Bertz CT molecular complexity index is 1280. The second-order valence-electron chi connectivity index (χ2n) is 6.70. The van der Waals surface area contributed by atoms with E-state index in [1.54, 1.807) is 13.2 Å². The summed E-state index contributed by atoms with van der Waals surface area (Å²) >= 11 is 6.22. The van der Waals surface area contributed by atoms with Gasteiger partial charge in [-0.05, 0) is 66.7 Å². The van der Waals surface area contributed by atoms with Gasteiger partial charge in [-0.25, -0.2) is 4.99 Å². The van der Waals surface area contributed by atoms with Crippen LogP contribution in [0.5, 0.6) is 5.75 Å². The minimum absolute atomic E-state index is 0.117. The molecule has 5 nitrogen and oxygen atoms in total. The van der Waals surface area contributed by atoms with Crippen LogP contribution >= 0.6 is 11.6 Å². The molecule has 4 rings (SSSR count). The lowest BCUT2D eigenvalue weighted by molar-refractivity contribution is -0.114. The highest BCUT2D eigenvalue weighted by molar-refractivity contribution is 6.31. The van der Waals surface area contributed by atoms with Crippen molar-refractivity contribution in [2.75, 3.05) is 12.4 Å². The van der Waals surface area contributed by atoms with Crippen molar-refractivity contribution in [3.63, 3.8) is 0 Å². The van der Waals surface area contributed by atoms with Gasteiger partial charge in [-0.1, -0.05) is 11.6 Å². The molecule has 30 heavy (non-hydrogen) atoms. The first-order valence-corrected chi connectivity index (χ1v) is 9.70. The number of carbonyl (C=O) groups excluding carboxylic acids is 1. The SMILES string of the molecule is COc1ccc(-c2cc(=Nc3ccc(NC(C)=O)cc3)c3cc(Cl)ccc3o2)cc1. The molecule has 1 heterocycles. The van der Waals surface area contributed by atoms with Gasteiger partial charge in [0.2, 0.25) is 5.91 Å². The number of halogens is 1. The Balaban J connectivity index is 1.85. The zero-order valence-corrected chi connectivity index (χ0v) is 17.2. The fourth-order valence-electron chi connectivity index (χ4n) is 3.09. The number of benzene rings is 3. The molecule has 0 unspecified atom stereocenters. The van der Waals surface area contributed by atoms with Gasteiger partial charge in [0.05, 0.1) is 18.2 Å². The Labute approximate surface area is 178 Å². The van der Waals surface area contributed by atoms with E-state index in [1.807, 2.05) is 66.7 Å². The first-order valence-electron chi connectivity index (χ1n) is 9.32. The van der Waals surface area contributed by atoms with E-state index in [2.05, 4.69) is 5.32 Å². The molecule has 1 aromatic heterocycles. The van der Waals surface area contributed by atoms with Crippen LogP contribution in [0.2, 0.25) is 5.02 Å². The fraction of sp³-hybridized carbons (Fsp3) is 0.0833. The molecule has 1 amide bonds. The molecule has 0 aliphatic heterocycles. The second kappa shape index (κ2) is 8.43. The van der Waals surface area contributed by atoms with Crippen LogP contribution in [0.25, 0.3) is 22.3 Å². The van der Waals surface area contributed by atoms with Crippen molar-refractivity contribution in [1.82, 2.24) is 0 Å². The normalized spacial score (nSPS) is 11.5. The van der Waals surface area contributed by atoms with Crippen LogP contribution in [-0.4, -0.2) is 13.0 Å². The number of nitrogens with one attached hydrogen (secondary N) is 1. The summed E-state index contributed by atoms with van der Waals surface area (Å²) < 4.78 is 11.3. The van der Waals surface area contributed by atoms with Crippen molar-refractivity contribution in [3.8, 4) is 17.1 Å². The standard InChI is InChI=1S/C24H19ClN2O3/c1-15(28)26-18-6-8-19(9-7-18)27-22-14-24(16-3-10-20(29-2)11-4-16)30-23-12-5-17(25)13-21(22)23/h3-14H,1-2H3,(H,26,28). The average Bonchev–Trinajstić information content (AvgIpc) is 2.75. The summed E-state index contributed by atoms with van der Waals surface area (Å²) in [5.41, 5.74) is 3.06. The summed E-state index contributed by atoms with van der Waals surface area (Å²) in [6.45, 7) is 1.47. The Morgan fingerprint density at radius 2 is 1.73 bits per heavy atom. The summed E-state index contributed by atoms with van der Waals surface area (Å²) in [5, 5.41) is 4.90. The zero-order valence-electron chi connectivity index (χ0n) is 16.5. The maximum Gasteiger partial charge on any atom is 0.221 e. The highest BCUT2D eigenvalue weighted by Crippen LogP contribution is 2.26. The number of fused-ring (bicyclic) bond motifs is 1. The van der Waals surface area contributed by atoms with Gasteiger partial charge >= 0.3 is 0 Å². The minimum atomic E-state index is -0.117. The van der Waals surface area contributed by atoms with Crippen LogP contribution < -0.4 is 15.4 Å². The van der Waals surface area contributed by atoms with E-state index in [1.165, 1.54) is 6.92 Å². The van der Waals surface area contributed by atoms with Gasteiger partial charge in [0.25, 0.3) is 0 Å². The van der Waals surface area contributed by atoms with Gasteiger partial charge in [-0.15, -0.1) is 0 Å². The monoisotopic (exact) mass is 418 g/mol. The van der Waals surface area contributed by atoms with Crippen molar-refractivity contribution >= 4 is 39.9 Å². The van der Waals surface area contributed by atoms with Crippen molar-refractivity contribution < 1.29 is 13.9 Å². The molecule has 0 radical (unpaired) electrons. The molecular formula is C24H19ClN2O3. The summed E-state index contributed by atoms with van der Waals surface area (Å²) in [4.78, 5) is 16.0. The summed E-state index contributed by atoms with van der Waals surface area (Å²) in [6, 6.07) is 22.3. The van der Waals surface area contributed by atoms with Gasteiger partial charge in [0.1, 0.15) is 17.1 Å². The number of methoxy groups -OCH3 is 1. The maximum atomic E-state index is 11.2. The van der Waals surface area contributed by atoms with Crippen LogP contribution in [0.3, 0.4) is 0 Å². The summed E-state index contributed by atoms with van der Waals surface area (Å²) in [7, 11) is 1.63. The van der Waals surface area contributed by atoms with Crippen molar-refractivity contribution in [1.29, 1.82) is 0 Å². The second-order valence-corrected chi connectivity index (χ2v) is 7.14. The number of hydrogen-bond acceptors (Lipinski definition) is 4. The summed E-state index contributed by atoms with van der Waals surface area (Å²) in [6.07, 6.45) is 0. The van der Waals surface area contributed by atoms with E-state index in [-0.39, 0.29) is 5.91 Å². The predicted octanol–water partition coefficient (Wildman–Crippen LogP) is 5.95. The molecule has 0 saturated carbocycles. The van der Waals surface area contributed by atoms with Gasteiger partial charge in [-0.3, -0.25) is 4.79 Å². The first kappa shape index (κ1) is 19.7. The molecule has 3 aromatic carbocycles. The minimum Gasteiger partial charge on any atom is -0.497 e. The quantitative estimate of drug-likeness (QED) is 0.445. The average molecular weight is 419 g/mol. The molecule has 0 aliphatic carbocycles. The van der Waals surface area contributed by atoms with E-state index in [0.717, 1.165) is 33.4 Å². The molecule has 0 atom stereocenters. The van der Waals surface area contributed by atoms with E-state index in [0.29, 0.717) is 16.4 Å². The molecule has 0 bridgehead atoms. The van der Waals surface area contributed by atoms with E-state index in [9.17, 15) is 4.79 Å². The molecule has 6 heteroatoms. The van der Waals surface area contributed by atoms with Gasteiger partial charge in [-0.2, -0.15) is 0 Å². The first-order chi connectivity index (χ1) is 14.5. The Kier molecular flexibility index (Phi) is 5.55. The Morgan fingerprint density at radius 3 is 2.40 bits per heavy atom. The van der Waals surface area contributed by atoms with Crippen molar-refractivity contribution in [2.24, 2.45) is 4.99 Å². The molecule has 1 N–H and O–H groups in total. The summed E-state index contributed by atoms with van der Waals surface area (Å²) in [5.74, 6) is 1.34. The lowest BCUT2D eigenvalue weighted by Gasteiger charge is -2.07. The number of rotatable bonds is 4. The molecule has 0 spiro atoms. The highest BCUT2D eigenvalue weighted by Gasteiger charge is 2.08. The third kappa shape index (κ3) is 4.36. The van der Waals surface area contributed by atoms with Crippen LogP contribution in [0, 0.1) is 0 Å². The van der Waals surface area contributed by atoms with Gasteiger partial charge in [0, 0.05) is 34.6 Å². The third-order valence-corrected chi connectivity index (χ3v) is 4.75. The number of carbonyl (C=O) groups is 1.